The Morgan fingerprint density at radius 2 is 2.08 bits per heavy atom. The van der Waals surface area contributed by atoms with Crippen LogP contribution in [-0.4, -0.2) is 67.2 Å². The Bertz CT molecular complexity index is 548. The van der Waals surface area contributed by atoms with Crippen LogP contribution in [0.1, 0.15) is 32.3 Å². The van der Waals surface area contributed by atoms with Crippen molar-refractivity contribution in [3.8, 4) is 0 Å². The van der Waals surface area contributed by atoms with Gasteiger partial charge in [0.25, 0.3) is 0 Å². The zero-order valence-corrected chi connectivity index (χ0v) is 15.7. The second kappa shape index (κ2) is 9.20. The molecule has 2 heterocycles. The Labute approximate surface area is 152 Å². The first-order valence-corrected chi connectivity index (χ1v) is 9.74. The van der Waals surface area contributed by atoms with Gasteiger partial charge in [0, 0.05) is 39.3 Å². The Hall–Kier alpha value is -1.59. The second-order valence-corrected chi connectivity index (χ2v) is 6.93. The SMILES string of the molecule is CCCCN=C(NCC)N1CC2OCCN(Cc3ccccc3)C2C1. The van der Waals surface area contributed by atoms with Crippen molar-refractivity contribution in [2.75, 3.05) is 39.3 Å². The molecule has 0 amide bonds. The smallest absolute Gasteiger partial charge is 0.194 e. The van der Waals surface area contributed by atoms with E-state index in [-0.39, 0.29) is 6.10 Å². The maximum atomic E-state index is 6.09. The fourth-order valence-corrected chi connectivity index (χ4v) is 3.71. The van der Waals surface area contributed by atoms with E-state index in [0.717, 1.165) is 58.3 Å². The lowest BCUT2D eigenvalue weighted by Gasteiger charge is -2.36. The van der Waals surface area contributed by atoms with Gasteiger partial charge in [-0.05, 0) is 18.9 Å². The van der Waals surface area contributed by atoms with Crippen molar-refractivity contribution >= 4 is 5.96 Å². The molecule has 1 aromatic carbocycles. The molecule has 0 bridgehead atoms. The average molecular weight is 345 g/mol. The van der Waals surface area contributed by atoms with E-state index in [0.29, 0.717) is 6.04 Å². The molecule has 0 aromatic heterocycles. The number of likely N-dealkylation sites (tertiary alicyclic amines) is 1. The van der Waals surface area contributed by atoms with E-state index in [1.54, 1.807) is 0 Å². The summed E-state index contributed by atoms with van der Waals surface area (Å²) in [5.41, 5.74) is 1.38. The summed E-state index contributed by atoms with van der Waals surface area (Å²) in [5, 5.41) is 3.46. The number of unbranched alkanes of at least 4 members (excludes halogenated alkanes) is 1. The number of ether oxygens (including phenoxy) is 1. The van der Waals surface area contributed by atoms with E-state index >= 15 is 0 Å². The van der Waals surface area contributed by atoms with Crippen LogP contribution in [0.3, 0.4) is 0 Å². The number of rotatable bonds is 6. The third kappa shape index (κ3) is 4.73. The van der Waals surface area contributed by atoms with Crippen LogP contribution in [0.4, 0.5) is 0 Å². The largest absolute Gasteiger partial charge is 0.373 e. The van der Waals surface area contributed by atoms with Crippen molar-refractivity contribution in [2.45, 2.75) is 45.4 Å². The molecule has 138 valence electrons. The van der Waals surface area contributed by atoms with E-state index in [1.165, 1.54) is 12.0 Å². The molecule has 5 nitrogen and oxygen atoms in total. The lowest BCUT2D eigenvalue weighted by Crippen LogP contribution is -2.50. The fraction of sp³-hybridized carbons (Fsp3) is 0.650. The fourth-order valence-electron chi connectivity index (χ4n) is 3.71. The van der Waals surface area contributed by atoms with Gasteiger partial charge in [-0.1, -0.05) is 43.7 Å². The zero-order valence-electron chi connectivity index (χ0n) is 15.7. The van der Waals surface area contributed by atoms with Crippen LogP contribution < -0.4 is 5.32 Å². The third-order valence-electron chi connectivity index (χ3n) is 5.05. The number of hydrogen-bond acceptors (Lipinski definition) is 3. The maximum Gasteiger partial charge on any atom is 0.194 e. The first-order chi connectivity index (χ1) is 12.3. The summed E-state index contributed by atoms with van der Waals surface area (Å²) in [6, 6.07) is 11.2. The molecule has 2 saturated heterocycles. The minimum atomic E-state index is 0.285. The molecule has 25 heavy (non-hydrogen) atoms. The Balaban J connectivity index is 1.65. The molecule has 2 atom stereocenters. The molecule has 5 heteroatoms. The van der Waals surface area contributed by atoms with E-state index < -0.39 is 0 Å². The standard InChI is InChI=1S/C20H32N4O/c1-3-5-11-22-20(21-4-2)24-15-18-19(16-24)25-13-12-23(18)14-17-9-7-6-8-10-17/h6-10,18-19H,3-5,11-16H2,1-2H3,(H,21,22). The molecular formula is C20H32N4O. The van der Waals surface area contributed by atoms with Crippen molar-refractivity contribution in [1.82, 2.24) is 15.1 Å². The Morgan fingerprint density at radius 3 is 2.84 bits per heavy atom. The van der Waals surface area contributed by atoms with Crippen LogP contribution in [0.5, 0.6) is 0 Å². The molecule has 2 aliphatic rings. The van der Waals surface area contributed by atoms with Gasteiger partial charge in [0.05, 0.1) is 18.8 Å². The molecule has 0 aliphatic carbocycles. The first kappa shape index (κ1) is 18.2. The highest BCUT2D eigenvalue weighted by Crippen LogP contribution is 2.24. The van der Waals surface area contributed by atoms with Gasteiger partial charge in [-0.2, -0.15) is 0 Å². The minimum Gasteiger partial charge on any atom is -0.373 e. The number of nitrogens with one attached hydrogen (secondary N) is 1. The van der Waals surface area contributed by atoms with Gasteiger partial charge >= 0.3 is 0 Å². The molecule has 1 aromatic rings. The van der Waals surface area contributed by atoms with Crippen LogP contribution in [0.2, 0.25) is 0 Å². The molecular weight excluding hydrogens is 312 g/mol. The third-order valence-corrected chi connectivity index (χ3v) is 5.05. The van der Waals surface area contributed by atoms with Gasteiger partial charge < -0.3 is 15.0 Å². The number of fused-ring (bicyclic) bond motifs is 1. The van der Waals surface area contributed by atoms with E-state index in [9.17, 15) is 0 Å². The summed E-state index contributed by atoms with van der Waals surface area (Å²) in [6.07, 6.45) is 2.61. The van der Waals surface area contributed by atoms with Crippen molar-refractivity contribution in [2.24, 2.45) is 4.99 Å². The number of benzene rings is 1. The van der Waals surface area contributed by atoms with Gasteiger partial charge in [-0.15, -0.1) is 0 Å². The molecule has 0 radical (unpaired) electrons. The van der Waals surface area contributed by atoms with Crippen molar-refractivity contribution in [1.29, 1.82) is 0 Å². The highest BCUT2D eigenvalue weighted by Gasteiger charge is 2.41. The number of aliphatic imine (C=N–C) groups is 1. The van der Waals surface area contributed by atoms with Crippen LogP contribution in [0.25, 0.3) is 0 Å². The molecule has 2 unspecified atom stereocenters. The first-order valence-electron chi connectivity index (χ1n) is 9.74. The summed E-state index contributed by atoms with van der Waals surface area (Å²) in [5.74, 6) is 1.05. The van der Waals surface area contributed by atoms with Gasteiger partial charge in [-0.3, -0.25) is 9.89 Å². The molecule has 0 saturated carbocycles. The van der Waals surface area contributed by atoms with Crippen molar-refractivity contribution in [3.63, 3.8) is 0 Å². The molecule has 3 rings (SSSR count). The Morgan fingerprint density at radius 1 is 1.24 bits per heavy atom. The van der Waals surface area contributed by atoms with Crippen molar-refractivity contribution in [3.05, 3.63) is 35.9 Å². The molecule has 1 N–H and O–H groups in total. The maximum absolute atomic E-state index is 6.09. The highest BCUT2D eigenvalue weighted by molar-refractivity contribution is 5.80. The lowest BCUT2D eigenvalue weighted by atomic mass is 10.1. The highest BCUT2D eigenvalue weighted by atomic mass is 16.5. The van der Waals surface area contributed by atoms with E-state index in [2.05, 4.69) is 59.3 Å². The second-order valence-electron chi connectivity index (χ2n) is 6.93. The van der Waals surface area contributed by atoms with Crippen LogP contribution >= 0.6 is 0 Å². The number of nitrogens with zero attached hydrogens (tertiary/aromatic N) is 3. The minimum absolute atomic E-state index is 0.285. The van der Waals surface area contributed by atoms with Gasteiger partial charge in [0.2, 0.25) is 0 Å². The summed E-state index contributed by atoms with van der Waals surface area (Å²) in [7, 11) is 0. The zero-order chi connectivity index (χ0) is 17.5. The van der Waals surface area contributed by atoms with Crippen LogP contribution in [0, 0.1) is 0 Å². The van der Waals surface area contributed by atoms with Gasteiger partial charge in [0.15, 0.2) is 5.96 Å². The Kier molecular flexibility index (Phi) is 6.70. The number of guanidine groups is 1. The molecule has 2 fully saturated rings. The van der Waals surface area contributed by atoms with Crippen molar-refractivity contribution < 1.29 is 4.74 Å². The summed E-state index contributed by atoms with van der Waals surface area (Å²) in [6.45, 7) is 10.9. The molecule has 2 aliphatic heterocycles. The van der Waals surface area contributed by atoms with Crippen LogP contribution in [0.15, 0.2) is 35.3 Å². The quantitative estimate of drug-likeness (QED) is 0.488. The number of hydrogen-bond donors (Lipinski definition) is 1. The summed E-state index contributed by atoms with van der Waals surface area (Å²) >= 11 is 0. The number of morpholine rings is 1. The van der Waals surface area contributed by atoms with Gasteiger partial charge in [0.1, 0.15) is 0 Å². The van der Waals surface area contributed by atoms with E-state index in [1.807, 2.05) is 0 Å². The summed E-state index contributed by atoms with van der Waals surface area (Å²) < 4.78 is 6.09. The monoisotopic (exact) mass is 344 g/mol. The average Bonchev–Trinajstić information content (AvgIpc) is 3.07. The molecule has 0 spiro atoms. The normalized spacial score (nSPS) is 24.4. The van der Waals surface area contributed by atoms with Gasteiger partial charge in [-0.25, -0.2) is 0 Å². The van der Waals surface area contributed by atoms with E-state index in [4.69, 9.17) is 9.73 Å². The predicted molar refractivity (Wildman–Crippen MR) is 103 cm³/mol. The topological polar surface area (TPSA) is 40.1 Å². The summed E-state index contributed by atoms with van der Waals surface area (Å²) in [4.78, 5) is 9.78. The lowest BCUT2D eigenvalue weighted by molar-refractivity contribution is -0.0502. The predicted octanol–water partition coefficient (Wildman–Crippen LogP) is 2.34. The van der Waals surface area contributed by atoms with Crippen LogP contribution in [-0.2, 0) is 11.3 Å².